The summed E-state index contributed by atoms with van der Waals surface area (Å²) in [6.07, 6.45) is 1.12. The zero-order valence-electron chi connectivity index (χ0n) is 11.3. The Labute approximate surface area is 108 Å². The molecule has 0 aliphatic heterocycles. The van der Waals surface area contributed by atoms with Gasteiger partial charge >= 0.3 is 0 Å². The maximum Gasteiger partial charge on any atom is 0.134 e. The second-order valence-corrected chi connectivity index (χ2v) is 4.58. The molecule has 98 valence electrons. The van der Waals surface area contributed by atoms with Gasteiger partial charge in [0, 0.05) is 12.5 Å². The maximum atomic E-state index is 5.91. The van der Waals surface area contributed by atoms with Crippen molar-refractivity contribution in [3.63, 3.8) is 0 Å². The molecule has 0 saturated carbocycles. The first-order valence-corrected chi connectivity index (χ1v) is 6.49. The summed E-state index contributed by atoms with van der Waals surface area (Å²) >= 11 is 0. The highest BCUT2D eigenvalue weighted by atomic mass is 16.5. The summed E-state index contributed by atoms with van der Waals surface area (Å²) in [7, 11) is 1.74. The van der Waals surface area contributed by atoms with Gasteiger partial charge < -0.3 is 14.5 Å². The van der Waals surface area contributed by atoms with E-state index in [2.05, 4.69) is 31.3 Å². The van der Waals surface area contributed by atoms with E-state index in [1.165, 1.54) is 0 Å². The molecule has 3 nitrogen and oxygen atoms in total. The monoisotopic (exact) mass is 247 g/mol. The maximum absolute atomic E-state index is 5.91. The van der Waals surface area contributed by atoms with Gasteiger partial charge in [0.15, 0.2) is 0 Å². The third kappa shape index (κ3) is 2.92. The molecule has 0 amide bonds. The quantitative estimate of drug-likeness (QED) is 0.848. The minimum absolute atomic E-state index is 0.206. The standard InChI is InChI=1S/C15H21NO2/c1-4-16-13(9-11(2)17-3)15-10-12-7-5-6-8-14(12)18-15/h5-8,10-11,13,16H,4,9H2,1-3H3. The predicted octanol–water partition coefficient (Wildman–Crippen LogP) is 3.51. The zero-order chi connectivity index (χ0) is 13.0. The molecule has 0 aliphatic rings. The van der Waals surface area contributed by atoms with Crippen molar-refractivity contribution in [2.75, 3.05) is 13.7 Å². The van der Waals surface area contributed by atoms with Crippen LogP contribution >= 0.6 is 0 Å². The smallest absolute Gasteiger partial charge is 0.134 e. The zero-order valence-corrected chi connectivity index (χ0v) is 11.3. The minimum atomic E-state index is 0.206. The van der Waals surface area contributed by atoms with Crippen molar-refractivity contribution in [3.8, 4) is 0 Å². The molecule has 1 aromatic carbocycles. The first-order valence-electron chi connectivity index (χ1n) is 6.49. The van der Waals surface area contributed by atoms with Crippen molar-refractivity contribution >= 4 is 11.0 Å². The van der Waals surface area contributed by atoms with Crippen molar-refractivity contribution in [2.45, 2.75) is 32.4 Å². The lowest BCUT2D eigenvalue weighted by atomic mass is 10.1. The molecule has 0 radical (unpaired) electrons. The number of methoxy groups -OCH3 is 1. The molecule has 1 aromatic heterocycles. The largest absolute Gasteiger partial charge is 0.459 e. The molecule has 2 rings (SSSR count). The van der Waals surface area contributed by atoms with Gasteiger partial charge in [0.05, 0.1) is 12.1 Å². The number of hydrogen-bond acceptors (Lipinski definition) is 3. The van der Waals surface area contributed by atoms with Crippen molar-refractivity contribution < 1.29 is 9.15 Å². The molecule has 1 N–H and O–H groups in total. The van der Waals surface area contributed by atoms with Crippen molar-refractivity contribution in [2.24, 2.45) is 0 Å². The Bertz CT molecular complexity index is 459. The SMILES string of the molecule is CCNC(CC(C)OC)c1cc2ccccc2o1. The number of hydrogen-bond donors (Lipinski definition) is 1. The van der Waals surface area contributed by atoms with Crippen LogP contribution in [-0.2, 0) is 4.74 Å². The van der Waals surface area contributed by atoms with Gasteiger partial charge in [-0.25, -0.2) is 0 Å². The topological polar surface area (TPSA) is 34.4 Å². The van der Waals surface area contributed by atoms with Gasteiger partial charge in [-0.1, -0.05) is 25.1 Å². The van der Waals surface area contributed by atoms with Crippen LogP contribution in [0.3, 0.4) is 0 Å². The van der Waals surface area contributed by atoms with Crippen molar-refractivity contribution in [1.82, 2.24) is 5.32 Å². The van der Waals surface area contributed by atoms with E-state index in [9.17, 15) is 0 Å². The molecule has 2 atom stereocenters. The summed E-state index contributed by atoms with van der Waals surface area (Å²) in [5.74, 6) is 0.988. The summed E-state index contributed by atoms with van der Waals surface area (Å²) in [4.78, 5) is 0. The lowest BCUT2D eigenvalue weighted by Gasteiger charge is -2.19. The molecule has 3 heteroatoms. The van der Waals surface area contributed by atoms with Gasteiger partial charge in [-0.3, -0.25) is 0 Å². The van der Waals surface area contributed by atoms with Crippen LogP contribution in [0.25, 0.3) is 11.0 Å². The molecule has 0 spiro atoms. The first-order chi connectivity index (χ1) is 8.74. The second kappa shape index (κ2) is 6.03. The fraction of sp³-hybridized carbons (Fsp3) is 0.467. The number of nitrogens with one attached hydrogen (secondary N) is 1. The Balaban J connectivity index is 2.23. The van der Waals surface area contributed by atoms with Crippen LogP contribution in [0.2, 0.25) is 0 Å². The summed E-state index contributed by atoms with van der Waals surface area (Å²) in [5.41, 5.74) is 0.945. The average molecular weight is 247 g/mol. The fourth-order valence-electron chi connectivity index (χ4n) is 2.15. The molecular weight excluding hydrogens is 226 g/mol. The fourth-order valence-corrected chi connectivity index (χ4v) is 2.15. The first kappa shape index (κ1) is 13.1. The summed E-state index contributed by atoms with van der Waals surface area (Å²) < 4.78 is 11.3. The number of ether oxygens (including phenoxy) is 1. The Morgan fingerprint density at radius 1 is 1.33 bits per heavy atom. The lowest BCUT2D eigenvalue weighted by Crippen LogP contribution is -2.24. The molecule has 0 saturated heterocycles. The average Bonchev–Trinajstić information content (AvgIpc) is 2.81. The van der Waals surface area contributed by atoms with E-state index in [1.54, 1.807) is 7.11 Å². The second-order valence-electron chi connectivity index (χ2n) is 4.58. The summed E-state index contributed by atoms with van der Waals surface area (Å²) in [6.45, 7) is 5.10. The number of rotatable bonds is 6. The van der Waals surface area contributed by atoms with E-state index >= 15 is 0 Å². The number of para-hydroxylation sites is 1. The highest BCUT2D eigenvalue weighted by Gasteiger charge is 2.18. The third-order valence-corrected chi connectivity index (χ3v) is 3.21. The summed E-state index contributed by atoms with van der Waals surface area (Å²) in [6, 6.07) is 10.4. The van der Waals surface area contributed by atoms with Crippen LogP contribution in [0.4, 0.5) is 0 Å². The molecule has 2 unspecified atom stereocenters. The van der Waals surface area contributed by atoms with Crippen LogP contribution in [0.1, 0.15) is 32.1 Å². The van der Waals surface area contributed by atoms with Crippen LogP contribution < -0.4 is 5.32 Å². The molecule has 1 heterocycles. The van der Waals surface area contributed by atoms with Crippen LogP contribution in [0.5, 0.6) is 0 Å². The Kier molecular flexibility index (Phi) is 4.39. The van der Waals surface area contributed by atoms with E-state index < -0.39 is 0 Å². The van der Waals surface area contributed by atoms with Gasteiger partial charge in [0.1, 0.15) is 11.3 Å². The van der Waals surface area contributed by atoms with E-state index in [0.29, 0.717) is 0 Å². The Hall–Kier alpha value is -1.32. The van der Waals surface area contributed by atoms with E-state index in [0.717, 1.165) is 29.7 Å². The van der Waals surface area contributed by atoms with Crippen molar-refractivity contribution in [1.29, 1.82) is 0 Å². The molecular formula is C15H21NO2. The normalized spacial score (nSPS) is 14.8. The van der Waals surface area contributed by atoms with Crippen LogP contribution in [0, 0.1) is 0 Å². The number of furan rings is 1. The van der Waals surface area contributed by atoms with Gasteiger partial charge in [-0.05, 0) is 32.0 Å². The van der Waals surface area contributed by atoms with E-state index in [-0.39, 0.29) is 12.1 Å². The highest BCUT2D eigenvalue weighted by molar-refractivity contribution is 5.77. The number of benzene rings is 1. The van der Waals surface area contributed by atoms with Gasteiger partial charge in [0.2, 0.25) is 0 Å². The van der Waals surface area contributed by atoms with Crippen LogP contribution in [0.15, 0.2) is 34.7 Å². The van der Waals surface area contributed by atoms with Gasteiger partial charge in [0.25, 0.3) is 0 Å². The molecule has 0 bridgehead atoms. The van der Waals surface area contributed by atoms with Gasteiger partial charge in [-0.15, -0.1) is 0 Å². The Morgan fingerprint density at radius 3 is 2.78 bits per heavy atom. The van der Waals surface area contributed by atoms with Gasteiger partial charge in [-0.2, -0.15) is 0 Å². The molecule has 18 heavy (non-hydrogen) atoms. The predicted molar refractivity (Wildman–Crippen MR) is 73.7 cm³/mol. The third-order valence-electron chi connectivity index (χ3n) is 3.21. The van der Waals surface area contributed by atoms with E-state index in [1.807, 2.05) is 18.2 Å². The Morgan fingerprint density at radius 2 is 2.11 bits per heavy atom. The molecule has 0 aliphatic carbocycles. The number of fused-ring (bicyclic) bond motifs is 1. The van der Waals surface area contributed by atoms with E-state index in [4.69, 9.17) is 9.15 Å². The highest BCUT2D eigenvalue weighted by Crippen LogP contribution is 2.26. The molecule has 0 fully saturated rings. The van der Waals surface area contributed by atoms with Crippen molar-refractivity contribution in [3.05, 3.63) is 36.1 Å². The lowest BCUT2D eigenvalue weighted by molar-refractivity contribution is 0.0980. The van der Waals surface area contributed by atoms with Crippen LogP contribution in [-0.4, -0.2) is 19.8 Å². The minimum Gasteiger partial charge on any atom is -0.459 e. The summed E-state index contributed by atoms with van der Waals surface area (Å²) in [5, 5.41) is 4.60. The molecule has 2 aromatic rings.